The number of carbonyl (C=O) groups is 2. The fourth-order valence-electron chi connectivity index (χ4n) is 2.41. The van der Waals surface area contributed by atoms with E-state index in [1.54, 1.807) is 31.4 Å². The SMILES string of the molecule is COC1CCN(C(=O)c2cccc(NC(C)=O)c2)CC1. The minimum absolute atomic E-state index is 0.00625. The van der Waals surface area contributed by atoms with Crippen molar-refractivity contribution in [2.75, 3.05) is 25.5 Å². The normalized spacial score (nSPS) is 16.0. The fraction of sp³-hybridized carbons (Fsp3) is 0.467. The zero-order chi connectivity index (χ0) is 14.5. The van der Waals surface area contributed by atoms with E-state index in [-0.39, 0.29) is 17.9 Å². The number of anilines is 1. The van der Waals surface area contributed by atoms with Crippen molar-refractivity contribution >= 4 is 17.5 Å². The Balaban J connectivity index is 2.04. The fourth-order valence-corrected chi connectivity index (χ4v) is 2.41. The summed E-state index contributed by atoms with van der Waals surface area (Å²) in [7, 11) is 1.71. The average molecular weight is 276 g/mol. The molecule has 2 rings (SSSR count). The summed E-state index contributed by atoms with van der Waals surface area (Å²) in [6.45, 7) is 2.87. The molecule has 0 saturated carbocycles. The lowest BCUT2D eigenvalue weighted by Gasteiger charge is -2.31. The van der Waals surface area contributed by atoms with E-state index >= 15 is 0 Å². The molecule has 1 aliphatic rings. The van der Waals surface area contributed by atoms with Gasteiger partial charge in [-0.05, 0) is 31.0 Å². The maximum Gasteiger partial charge on any atom is 0.253 e. The topological polar surface area (TPSA) is 58.6 Å². The molecule has 0 aromatic heterocycles. The molecule has 108 valence electrons. The molecule has 20 heavy (non-hydrogen) atoms. The zero-order valence-corrected chi connectivity index (χ0v) is 11.9. The van der Waals surface area contributed by atoms with Crippen LogP contribution in [0.3, 0.4) is 0 Å². The Kier molecular flexibility index (Phi) is 4.74. The maximum absolute atomic E-state index is 12.4. The molecule has 1 heterocycles. The van der Waals surface area contributed by atoms with Crippen LogP contribution in [0.25, 0.3) is 0 Å². The minimum atomic E-state index is -0.143. The molecule has 1 aliphatic heterocycles. The number of rotatable bonds is 3. The first kappa shape index (κ1) is 14.5. The molecule has 5 nitrogen and oxygen atoms in total. The van der Waals surface area contributed by atoms with Crippen molar-refractivity contribution < 1.29 is 14.3 Å². The van der Waals surface area contributed by atoms with Crippen molar-refractivity contribution in [2.45, 2.75) is 25.9 Å². The number of carbonyl (C=O) groups excluding carboxylic acids is 2. The van der Waals surface area contributed by atoms with E-state index in [9.17, 15) is 9.59 Å². The van der Waals surface area contributed by atoms with E-state index in [0.717, 1.165) is 12.8 Å². The molecule has 0 aliphatic carbocycles. The van der Waals surface area contributed by atoms with E-state index in [2.05, 4.69) is 5.32 Å². The number of benzene rings is 1. The highest BCUT2D eigenvalue weighted by atomic mass is 16.5. The lowest BCUT2D eigenvalue weighted by molar-refractivity contribution is -0.114. The number of nitrogens with one attached hydrogen (secondary N) is 1. The van der Waals surface area contributed by atoms with Crippen LogP contribution in [-0.4, -0.2) is 43.0 Å². The molecule has 0 bridgehead atoms. The Hall–Kier alpha value is -1.88. The predicted octanol–water partition coefficient (Wildman–Crippen LogP) is 1.90. The Labute approximate surface area is 118 Å². The molecule has 2 amide bonds. The standard InChI is InChI=1S/C15H20N2O3/c1-11(18)16-13-5-3-4-12(10-13)15(19)17-8-6-14(20-2)7-9-17/h3-5,10,14H,6-9H2,1-2H3,(H,16,18). The van der Waals surface area contributed by atoms with Crippen molar-refractivity contribution in [2.24, 2.45) is 0 Å². The maximum atomic E-state index is 12.4. The van der Waals surface area contributed by atoms with E-state index < -0.39 is 0 Å². The number of methoxy groups -OCH3 is 1. The molecule has 0 spiro atoms. The Morgan fingerprint density at radius 2 is 2.00 bits per heavy atom. The molecular formula is C15H20N2O3. The largest absolute Gasteiger partial charge is 0.381 e. The number of hydrogen-bond donors (Lipinski definition) is 1. The monoisotopic (exact) mass is 276 g/mol. The van der Waals surface area contributed by atoms with Gasteiger partial charge in [0.25, 0.3) is 5.91 Å². The van der Waals surface area contributed by atoms with Gasteiger partial charge >= 0.3 is 0 Å². The third-order valence-electron chi connectivity index (χ3n) is 3.49. The summed E-state index contributed by atoms with van der Waals surface area (Å²) in [5.41, 5.74) is 1.25. The van der Waals surface area contributed by atoms with Crippen LogP contribution >= 0.6 is 0 Å². The second-order valence-electron chi connectivity index (χ2n) is 4.99. The van der Waals surface area contributed by atoms with Crippen molar-refractivity contribution in [3.63, 3.8) is 0 Å². The molecular weight excluding hydrogens is 256 g/mol. The molecule has 0 radical (unpaired) electrons. The second-order valence-corrected chi connectivity index (χ2v) is 4.99. The number of hydrogen-bond acceptors (Lipinski definition) is 3. The summed E-state index contributed by atoms with van der Waals surface area (Å²) in [5, 5.41) is 2.69. The van der Waals surface area contributed by atoms with Gasteiger partial charge in [0.1, 0.15) is 0 Å². The van der Waals surface area contributed by atoms with E-state index in [0.29, 0.717) is 24.3 Å². The van der Waals surface area contributed by atoms with Gasteiger partial charge in [0.2, 0.25) is 5.91 Å². The highest BCUT2D eigenvalue weighted by Crippen LogP contribution is 2.17. The number of likely N-dealkylation sites (tertiary alicyclic amines) is 1. The lowest BCUT2D eigenvalue weighted by atomic mass is 10.1. The van der Waals surface area contributed by atoms with Crippen molar-refractivity contribution in [3.8, 4) is 0 Å². The summed E-state index contributed by atoms with van der Waals surface area (Å²) < 4.78 is 5.30. The number of nitrogens with zero attached hydrogens (tertiary/aromatic N) is 1. The van der Waals surface area contributed by atoms with E-state index in [4.69, 9.17) is 4.74 Å². The summed E-state index contributed by atoms with van der Waals surface area (Å²) in [6.07, 6.45) is 1.99. The molecule has 1 aromatic carbocycles. The van der Waals surface area contributed by atoms with Crippen LogP contribution in [0.2, 0.25) is 0 Å². The summed E-state index contributed by atoms with van der Waals surface area (Å²) in [6, 6.07) is 7.04. The molecule has 1 aromatic rings. The van der Waals surface area contributed by atoms with Crippen LogP contribution in [-0.2, 0) is 9.53 Å². The predicted molar refractivity (Wildman–Crippen MR) is 76.7 cm³/mol. The van der Waals surface area contributed by atoms with Gasteiger partial charge in [-0.25, -0.2) is 0 Å². The van der Waals surface area contributed by atoms with E-state index in [1.165, 1.54) is 6.92 Å². The first-order valence-electron chi connectivity index (χ1n) is 6.80. The number of piperidine rings is 1. The van der Waals surface area contributed by atoms with Gasteiger partial charge in [-0.2, -0.15) is 0 Å². The van der Waals surface area contributed by atoms with Gasteiger partial charge in [-0.1, -0.05) is 6.07 Å². The summed E-state index contributed by atoms with van der Waals surface area (Å²) >= 11 is 0. The number of amides is 2. The number of ether oxygens (including phenoxy) is 1. The Bertz CT molecular complexity index is 494. The van der Waals surface area contributed by atoms with Crippen LogP contribution in [0.4, 0.5) is 5.69 Å². The van der Waals surface area contributed by atoms with Gasteiger partial charge < -0.3 is 15.0 Å². The molecule has 0 unspecified atom stereocenters. The van der Waals surface area contributed by atoms with Gasteiger partial charge in [-0.15, -0.1) is 0 Å². The van der Waals surface area contributed by atoms with Gasteiger partial charge in [-0.3, -0.25) is 9.59 Å². The van der Waals surface area contributed by atoms with Gasteiger partial charge in [0.15, 0.2) is 0 Å². The van der Waals surface area contributed by atoms with Crippen LogP contribution in [0.15, 0.2) is 24.3 Å². The highest BCUT2D eigenvalue weighted by molar-refractivity contribution is 5.96. The van der Waals surface area contributed by atoms with Crippen LogP contribution in [0, 0.1) is 0 Å². The van der Waals surface area contributed by atoms with Gasteiger partial charge in [0, 0.05) is 38.4 Å². The second kappa shape index (κ2) is 6.52. The third kappa shape index (κ3) is 3.57. The third-order valence-corrected chi connectivity index (χ3v) is 3.49. The van der Waals surface area contributed by atoms with Crippen LogP contribution in [0.5, 0.6) is 0 Å². The quantitative estimate of drug-likeness (QED) is 0.917. The van der Waals surface area contributed by atoms with Crippen molar-refractivity contribution in [1.82, 2.24) is 4.90 Å². The lowest BCUT2D eigenvalue weighted by Crippen LogP contribution is -2.40. The highest BCUT2D eigenvalue weighted by Gasteiger charge is 2.23. The van der Waals surface area contributed by atoms with Crippen LogP contribution in [0.1, 0.15) is 30.1 Å². The van der Waals surface area contributed by atoms with Crippen molar-refractivity contribution in [1.29, 1.82) is 0 Å². The summed E-state index contributed by atoms with van der Waals surface area (Å²) in [5.74, 6) is -0.137. The van der Waals surface area contributed by atoms with E-state index in [1.807, 2.05) is 4.90 Å². The minimum Gasteiger partial charge on any atom is -0.381 e. The van der Waals surface area contributed by atoms with Crippen molar-refractivity contribution in [3.05, 3.63) is 29.8 Å². The molecule has 1 saturated heterocycles. The molecule has 0 atom stereocenters. The summed E-state index contributed by atoms with van der Waals surface area (Å²) in [4.78, 5) is 25.3. The van der Waals surface area contributed by atoms with Gasteiger partial charge in [0.05, 0.1) is 6.10 Å². The molecule has 1 N–H and O–H groups in total. The first-order chi connectivity index (χ1) is 9.60. The smallest absolute Gasteiger partial charge is 0.253 e. The first-order valence-corrected chi connectivity index (χ1v) is 6.80. The van der Waals surface area contributed by atoms with Crippen LogP contribution < -0.4 is 5.32 Å². The Morgan fingerprint density at radius 1 is 1.30 bits per heavy atom. The Morgan fingerprint density at radius 3 is 2.60 bits per heavy atom. The zero-order valence-electron chi connectivity index (χ0n) is 11.9. The molecule has 1 fully saturated rings. The molecule has 5 heteroatoms. The average Bonchev–Trinajstić information content (AvgIpc) is 2.46.